The highest BCUT2D eigenvalue weighted by atomic mass is 19.2. The van der Waals surface area contributed by atoms with E-state index in [0.29, 0.717) is 42.9 Å². The first-order valence-electron chi connectivity index (χ1n) is 10.2. The molecule has 7 nitrogen and oxygen atoms in total. The molecule has 32 heavy (non-hydrogen) atoms. The smallest absolute Gasteiger partial charge is 0.303 e. The zero-order valence-electron chi connectivity index (χ0n) is 17.3. The van der Waals surface area contributed by atoms with E-state index < -0.39 is 23.7 Å². The lowest BCUT2D eigenvalue weighted by molar-refractivity contribution is -0.159. The molecule has 1 atom stereocenters. The molecule has 1 aliphatic heterocycles. The van der Waals surface area contributed by atoms with Gasteiger partial charge in [-0.2, -0.15) is 4.98 Å². The van der Waals surface area contributed by atoms with E-state index >= 15 is 0 Å². The van der Waals surface area contributed by atoms with Gasteiger partial charge in [0.25, 0.3) is 5.91 Å². The molecule has 0 bridgehead atoms. The summed E-state index contributed by atoms with van der Waals surface area (Å²) in [6.07, 6.45) is 0.160. The van der Waals surface area contributed by atoms with Crippen LogP contribution in [0.3, 0.4) is 0 Å². The molecule has 0 spiro atoms. The quantitative estimate of drug-likeness (QED) is 0.556. The minimum Gasteiger partial charge on any atom is -0.447 e. The Kier molecular flexibility index (Phi) is 6.25. The molecule has 3 aromatic rings. The summed E-state index contributed by atoms with van der Waals surface area (Å²) in [5.74, 6) is -2.25. The number of hydrogen-bond acceptors (Lipinski definition) is 6. The third-order valence-electron chi connectivity index (χ3n) is 5.39. The molecule has 4 rings (SSSR count). The Hall–Kier alpha value is -3.62. The SMILES string of the molecule is CC(=O)OC(C(=O)N1CCC(c2nc(-c3ccc(F)c(F)c3)no2)CC1)c1ccccc1. The number of amides is 1. The maximum atomic E-state index is 13.5. The van der Waals surface area contributed by atoms with Crippen LogP contribution in [0, 0.1) is 11.6 Å². The molecular formula is C23H21F2N3O4. The zero-order chi connectivity index (χ0) is 22.7. The van der Waals surface area contributed by atoms with Gasteiger partial charge in [0.15, 0.2) is 11.6 Å². The Labute approximate surface area is 183 Å². The third kappa shape index (κ3) is 4.66. The Morgan fingerprint density at radius 2 is 1.81 bits per heavy atom. The van der Waals surface area contributed by atoms with E-state index in [1.165, 1.54) is 13.0 Å². The minimum atomic E-state index is -0.992. The van der Waals surface area contributed by atoms with Crippen molar-refractivity contribution in [3.63, 3.8) is 0 Å². The van der Waals surface area contributed by atoms with Gasteiger partial charge in [0.05, 0.1) is 0 Å². The second-order valence-corrected chi connectivity index (χ2v) is 7.58. The number of carbonyl (C=O) groups excluding carboxylic acids is 2. The molecule has 1 aromatic heterocycles. The fraction of sp³-hybridized carbons (Fsp3) is 0.304. The van der Waals surface area contributed by atoms with Gasteiger partial charge in [0, 0.05) is 37.1 Å². The number of piperidine rings is 1. The van der Waals surface area contributed by atoms with Crippen LogP contribution in [0.15, 0.2) is 53.1 Å². The summed E-state index contributed by atoms with van der Waals surface area (Å²) in [6, 6.07) is 12.3. The van der Waals surface area contributed by atoms with Gasteiger partial charge in [-0.1, -0.05) is 35.5 Å². The van der Waals surface area contributed by atoms with Crippen molar-refractivity contribution in [1.29, 1.82) is 0 Å². The molecular weight excluding hydrogens is 420 g/mol. The second kappa shape index (κ2) is 9.25. The largest absolute Gasteiger partial charge is 0.447 e. The number of ether oxygens (including phenoxy) is 1. The third-order valence-corrected chi connectivity index (χ3v) is 5.39. The Bertz CT molecular complexity index is 1110. The number of halogens is 2. The van der Waals surface area contributed by atoms with Crippen molar-refractivity contribution in [2.24, 2.45) is 0 Å². The van der Waals surface area contributed by atoms with Gasteiger partial charge in [-0.15, -0.1) is 0 Å². The van der Waals surface area contributed by atoms with Crippen LogP contribution in [-0.4, -0.2) is 40.0 Å². The van der Waals surface area contributed by atoms with Crippen LogP contribution >= 0.6 is 0 Å². The predicted octanol–water partition coefficient (Wildman–Crippen LogP) is 4.03. The highest BCUT2D eigenvalue weighted by Gasteiger charge is 2.33. The van der Waals surface area contributed by atoms with Crippen molar-refractivity contribution in [3.05, 3.63) is 71.6 Å². The lowest BCUT2D eigenvalue weighted by Crippen LogP contribution is -2.41. The molecule has 1 saturated heterocycles. The van der Waals surface area contributed by atoms with Crippen LogP contribution < -0.4 is 0 Å². The van der Waals surface area contributed by atoms with E-state index in [0.717, 1.165) is 12.1 Å². The molecule has 0 N–H and O–H groups in total. The molecule has 1 unspecified atom stereocenters. The number of aromatic nitrogens is 2. The minimum absolute atomic E-state index is 0.0745. The van der Waals surface area contributed by atoms with Gasteiger partial charge in [-0.05, 0) is 31.0 Å². The fourth-order valence-corrected chi connectivity index (χ4v) is 3.72. The van der Waals surface area contributed by atoms with Crippen molar-refractivity contribution >= 4 is 11.9 Å². The zero-order valence-corrected chi connectivity index (χ0v) is 17.3. The summed E-state index contributed by atoms with van der Waals surface area (Å²) < 4.78 is 37.3. The molecule has 2 heterocycles. The lowest BCUT2D eigenvalue weighted by atomic mass is 9.96. The first kappa shape index (κ1) is 21.6. The molecule has 2 aromatic carbocycles. The van der Waals surface area contributed by atoms with Crippen molar-refractivity contribution in [3.8, 4) is 11.4 Å². The van der Waals surface area contributed by atoms with Gasteiger partial charge in [-0.25, -0.2) is 8.78 Å². The average Bonchev–Trinajstić information content (AvgIpc) is 3.30. The molecule has 1 fully saturated rings. The number of nitrogens with zero attached hydrogens (tertiary/aromatic N) is 3. The number of carbonyl (C=O) groups is 2. The molecule has 1 amide bonds. The van der Waals surface area contributed by atoms with Crippen LogP contribution in [0.5, 0.6) is 0 Å². The van der Waals surface area contributed by atoms with E-state index in [-0.39, 0.29) is 17.6 Å². The summed E-state index contributed by atoms with van der Waals surface area (Å²) >= 11 is 0. The van der Waals surface area contributed by atoms with E-state index in [4.69, 9.17) is 9.26 Å². The van der Waals surface area contributed by atoms with Gasteiger partial charge >= 0.3 is 5.97 Å². The fourth-order valence-electron chi connectivity index (χ4n) is 3.72. The van der Waals surface area contributed by atoms with Crippen LogP contribution in [0.2, 0.25) is 0 Å². The predicted molar refractivity (Wildman–Crippen MR) is 109 cm³/mol. The Morgan fingerprint density at radius 1 is 1.09 bits per heavy atom. The van der Waals surface area contributed by atoms with Gasteiger partial charge < -0.3 is 14.2 Å². The number of benzene rings is 2. The summed E-state index contributed by atoms with van der Waals surface area (Å²) in [7, 11) is 0. The van der Waals surface area contributed by atoms with Crippen LogP contribution in [-0.2, 0) is 14.3 Å². The van der Waals surface area contributed by atoms with Gasteiger partial charge in [0.1, 0.15) is 0 Å². The number of rotatable bonds is 5. The van der Waals surface area contributed by atoms with Crippen LogP contribution in [0.1, 0.15) is 43.2 Å². The van der Waals surface area contributed by atoms with Gasteiger partial charge in [0.2, 0.25) is 17.8 Å². The van der Waals surface area contributed by atoms with E-state index in [1.54, 1.807) is 29.2 Å². The van der Waals surface area contributed by atoms with Gasteiger partial charge in [-0.3, -0.25) is 9.59 Å². The lowest BCUT2D eigenvalue weighted by Gasteiger charge is -2.32. The highest BCUT2D eigenvalue weighted by molar-refractivity contribution is 5.84. The van der Waals surface area contributed by atoms with Crippen molar-refractivity contribution in [1.82, 2.24) is 15.0 Å². The monoisotopic (exact) mass is 441 g/mol. The molecule has 0 radical (unpaired) electrons. The second-order valence-electron chi connectivity index (χ2n) is 7.58. The van der Waals surface area contributed by atoms with Crippen molar-refractivity contribution < 1.29 is 27.6 Å². The number of hydrogen-bond donors (Lipinski definition) is 0. The average molecular weight is 441 g/mol. The van der Waals surface area contributed by atoms with E-state index in [2.05, 4.69) is 10.1 Å². The Morgan fingerprint density at radius 3 is 2.47 bits per heavy atom. The molecule has 166 valence electrons. The van der Waals surface area contributed by atoms with Crippen molar-refractivity contribution in [2.45, 2.75) is 31.8 Å². The molecule has 0 saturated carbocycles. The van der Waals surface area contributed by atoms with Crippen LogP contribution in [0.4, 0.5) is 8.78 Å². The van der Waals surface area contributed by atoms with Crippen molar-refractivity contribution in [2.75, 3.05) is 13.1 Å². The Balaban J connectivity index is 1.42. The molecule has 0 aliphatic carbocycles. The normalized spacial score (nSPS) is 15.4. The molecule has 1 aliphatic rings. The summed E-state index contributed by atoms with van der Waals surface area (Å²) in [5, 5.41) is 3.87. The van der Waals surface area contributed by atoms with Crippen LogP contribution in [0.25, 0.3) is 11.4 Å². The standard InChI is InChI=1S/C23H21F2N3O4/c1-14(29)31-20(15-5-3-2-4-6-15)23(30)28-11-9-16(10-12-28)22-26-21(27-32-22)17-7-8-18(24)19(25)13-17/h2-8,13,16,20H,9-12H2,1H3. The maximum Gasteiger partial charge on any atom is 0.303 e. The highest BCUT2D eigenvalue weighted by Crippen LogP contribution is 2.31. The number of likely N-dealkylation sites (tertiary alicyclic amines) is 1. The first-order valence-corrected chi connectivity index (χ1v) is 10.2. The number of esters is 1. The maximum absolute atomic E-state index is 13.5. The first-order chi connectivity index (χ1) is 15.4. The summed E-state index contributed by atoms with van der Waals surface area (Å²) in [6.45, 7) is 2.13. The molecule has 9 heteroatoms. The van der Waals surface area contributed by atoms with E-state index in [9.17, 15) is 18.4 Å². The topological polar surface area (TPSA) is 85.5 Å². The van der Waals surface area contributed by atoms with E-state index in [1.807, 2.05) is 6.07 Å². The summed E-state index contributed by atoms with van der Waals surface area (Å²) in [4.78, 5) is 30.6. The summed E-state index contributed by atoms with van der Waals surface area (Å²) in [5.41, 5.74) is 0.932.